The summed E-state index contributed by atoms with van der Waals surface area (Å²) in [5.74, 6) is -0.172. The first-order valence-corrected chi connectivity index (χ1v) is 7.59. The number of ether oxygens (including phenoxy) is 1. The monoisotopic (exact) mass is 362 g/mol. The molecule has 0 aromatic carbocycles. The lowest BCUT2D eigenvalue weighted by atomic mass is 9.97. The lowest BCUT2D eigenvalue weighted by Crippen LogP contribution is -2.33. The van der Waals surface area contributed by atoms with Crippen LogP contribution >= 0.6 is 22.6 Å². The number of carbonyl (C=O) groups is 1. The van der Waals surface area contributed by atoms with E-state index in [9.17, 15) is 4.79 Å². The topological polar surface area (TPSA) is 26.3 Å². The second-order valence-electron chi connectivity index (χ2n) is 5.65. The first kappa shape index (κ1) is 15.7. The smallest absolute Gasteiger partial charge is 0.331 e. The number of alkyl halides is 1. The molecule has 1 aliphatic heterocycles. The van der Waals surface area contributed by atoms with Crippen LogP contribution in [0.3, 0.4) is 0 Å². The zero-order valence-electron chi connectivity index (χ0n) is 11.8. The van der Waals surface area contributed by atoms with Gasteiger partial charge < -0.3 is 4.74 Å². The summed E-state index contributed by atoms with van der Waals surface area (Å²) in [6.07, 6.45) is 7.82. The van der Waals surface area contributed by atoms with Gasteiger partial charge in [0.15, 0.2) is 0 Å². The number of halogens is 1. The van der Waals surface area contributed by atoms with Gasteiger partial charge in [-0.1, -0.05) is 39.8 Å². The minimum Gasteiger partial charge on any atom is -0.458 e. The lowest BCUT2D eigenvalue weighted by Gasteiger charge is -2.27. The molecule has 1 atom stereocenters. The summed E-state index contributed by atoms with van der Waals surface area (Å²) in [7, 11) is 0. The van der Waals surface area contributed by atoms with Crippen molar-refractivity contribution in [2.24, 2.45) is 0 Å². The predicted molar refractivity (Wildman–Crippen MR) is 84.0 cm³/mol. The maximum absolute atomic E-state index is 11.7. The maximum Gasteiger partial charge on any atom is 0.331 e. The van der Waals surface area contributed by atoms with Gasteiger partial charge in [0.25, 0.3) is 0 Å². The minimum atomic E-state index is -0.172. The largest absolute Gasteiger partial charge is 0.458 e. The number of hydrogen-bond donors (Lipinski definition) is 0. The molecule has 0 saturated carbocycles. The fraction of sp³-hybridized carbons (Fsp3) is 0.667. The Kier molecular flexibility index (Phi) is 5.89. The Morgan fingerprint density at radius 3 is 2.78 bits per heavy atom. The summed E-state index contributed by atoms with van der Waals surface area (Å²) in [5.41, 5.74) is 2.55. The molecule has 0 aliphatic carbocycles. The molecule has 0 fully saturated rings. The first-order valence-electron chi connectivity index (χ1n) is 6.51. The van der Waals surface area contributed by atoms with E-state index in [1.807, 2.05) is 0 Å². The third-order valence-corrected chi connectivity index (χ3v) is 3.79. The predicted octanol–water partition coefficient (Wildman–Crippen LogP) is 4.58. The van der Waals surface area contributed by atoms with Gasteiger partial charge >= 0.3 is 5.97 Å². The normalized spacial score (nSPS) is 20.8. The molecular weight excluding hydrogens is 339 g/mol. The van der Waals surface area contributed by atoms with Gasteiger partial charge in [-0.3, -0.25) is 0 Å². The summed E-state index contributed by atoms with van der Waals surface area (Å²) in [6.45, 7) is 8.42. The molecule has 0 N–H and O–H groups in total. The van der Waals surface area contributed by atoms with Gasteiger partial charge in [0.2, 0.25) is 0 Å². The van der Waals surface area contributed by atoms with E-state index in [1.54, 1.807) is 6.08 Å². The molecule has 0 saturated heterocycles. The van der Waals surface area contributed by atoms with Crippen molar-refractivity contribution in [2.45, 2.75) is 62.9 Å². The van der Waals surface area contributed by atoms with Crippen molar-refractivity contribution in [3.8, 4) is 0 Å². The van der Waals surface area contributed by atoms with E-state index in [2.05, 4.69) is 56.4 Å². The average Bonchev–Trinajstić information content (AvgIpc) is 2.38. The van der Waals surface area contributed by atoms with Crippen LogP contribution in [0.5, 0.6) is 0 Å². The fourth-order valence-corrected chi connectivity index (χ4v) is 2.45. The standard InChI is InChI=1S/C15H23IO2/c1-11(2)6-5-7-12-8-9-13(15(3,4)16)18-14(17)10-12/h6,10,13H,5,7-9H2,1-4H3. The number of rotatable bonds is 4. The molecule has 0 spiro atoms. The second kappa shape index (κ2) is 6.73. The van der Waals surface area contributed by atoms with Gasteiger partial charge in [-0.25, -0.2) is 4.79 Å². The van der Waals surface area contributed by atoms with Gasteiger partial charge in [0, 0.05) is 6.08 Å². The lowest BCUT2D eigenvalue weighted by molar-refractivity contribution is -0.143. The molecule has 102 valence electrons. The highest BCUT2D eigenvalue weighted by Crippen LogP contribution is 2.31. The Morgan fingerprint density at radius 1 is 1.56 bits per heavy atom. The van der Waals surface area contributed by atoms with Crippen LogP contribution in [0.2, 0.25) is 0 Å². The van der Waals surface area contributed by atoms with Gasteiger partial charge in [0.1, 0.15) is 6.10 Å². The number of esters is 1. The van der Waals surface area contributed by atoms with E-state index in [4.69, 9.17) is 4.74 Å². The number of cyclic esters (lactones) is 1. The Hall–Kier alpha value is -0.320. The number of allylic oxidation sites excluding steroid dienone is 3. The maximum atomic E-state index is 11.7. The molecule has 0 radical (unpaired) electrons. The molecule has 0 aromatic rings. The van der Waals surface area contributed by atoms with Crippen molar-refractivity contribution in [3.05, 3.63) is 23.3 Å². The molecule has 18 heavy (non-hydrogen) atoms. The molecule has 2 nitrogen and oxygen atoms in total. The average molecular weight is 362 g/mol. The third-order valence-electron chi connectivity index (χ3n) is 3.09. The van der Waals surface area contributed by atoms with Gasteiger partial charge in [-0.2, -0.15) is 0 Å². The Labute approximate surface area is 124 Å². The van der Waals surface area contributed by atoms with Crippen LogP contribution in [0, 0.1) is 0 Å². The fourth-order valence-electron chi connectivity index (χ4n) is 2.02. The van der Waals surface area contributed by atoms with E-state index in [1.165, 1.54) is 11.1 Å². The second-order valence-corrected chi connectivity index (χ2v) is 8.43. The highest BCUT2D eigenvalue weighted by atomic mass is 127. The highest BCUT2D eigenvalue weighted by molar-refractivity contribution is 14.1. The summed E-state index contributed by atoms with van der Waals surface area (Å²) < 4.78 is 5.49. The minimum absolute atomic E-state index is 0.00335. The van der Waals surface area contributed by atoms with Crippen molar-refractivity contribution < 1.29 is 9.53 Å². The molecule has 1 aliphatic rings. The summed E-state index contributed by atoms with van der Waals surface area (Å²) in [6, 6.07) is 0. The molecule has 3 heteroatoms. The highest BCUT2D eigenvalue weighted by Gasteiger charge is 2.31. The summed E-state index contributed by atoms with van der Waals surface area (Å²) in [4.78, 5) is 11.7. The van der Waals surface area contributed by atoms with Crippen LogP contribution in [0.15, 0.2) is 23.3 Å². The molecular formula is C15H23IO2. The quantitative estimate of drug-likeness (QED) is 0.317. The van der Waals surface area contributed by atoms with E-state index in [0.29, 0.717) is 0 Å². The van der Waals surface area contributed by atoms with Crippen molar-refractivity contribution in [3.63, 3.8) is 0 Å². The van der Waals surface area contributed by atoms with Crippen LogP contribution in [-0.2, 0) is 9.53 Å². The van der Waals surface area contributed by atoms with Gasteiger partial charge in [-0.15, -0.1) is 0 Å². The Balaban J connectivity index is 2.59. The van der Waals surface area contributed by atoms with E-state index >= 15 is 0 Å². The molecule has 1 unspecified atom stereocenters. The first-order chi connectivity index (χ1) is 8.29. The molecule has 0 aromatic heterocycles. The van der Waals surface area contributed by atoms with Crippen molar-refractivity contribution in [2.75, 3.05) is 0 Å². The van der Waals surface area contributed by atoms with E-state index in [0.717, 1.165) is 25.7 Å². The van der Waals surface area contributed by atoms with Crippen molar-refractivity contribution in [1.82, 2.24) is 0 Å². The van der Waals surface area contributed by atoms with Crippen LogP contribution in [0.1, 0.15) is 53.4 Å². The van der Waals surface area contributed by atoms with Crippen LogP contribution in [0.4, 0.5) is 0 Å². The van der Waals surface area contributed by atoms with Crippen molar-refractivity contribution in [1.29, 1.82) is 0 Å². The SMILES string of the molecule is CC(C)=CCCC1=CC(=O)OC(C(C)(C)I)CC1. The summed E-state index contributed by atoms with van der Waals surface area (Å²) >= 11 is 2.36. The van der Waals surface area contributed by atoms with Crippen LogP contribution in [-0.4, -0.2) is 15.5 Å². The third kappa shape index (κ3) is 5.55. The molecule has 0 amide bonds. The molecule has 0 bridgehead atoms. The molecule has 1 heterocycles. The summed E-state index contributed by atoms with van der Waals surface area (Å²) in [5, 5.41) is 0. The Bertz CT molecular complexity index is 357. The van der Waals surface area contributed by atoms with Crippen LogP contribution < -0.4 is 0 Å². The van der Waals surface area contributed by atoms with Gasteiger partial charge in [-0.05, 0) is 53.4 Å². The van der Waals surface area contributed by atoms with Crippen LogP contribution in [0.25, 0.3) is 0 Å². The zero-order valence-corrected chi connectivity index (χ0v) is 13.9. The van der Waals surface area contributed by atoms with Gasteiger partial charge in [0.05, 0.1) is 3.42 Å². The van der Waals surface area contributed by atoms with E-state index in [-0.39, 0.29) is 15.5 Å². The Morgan fingerprint density at radius 2 is 2.22 bits per heavy atom. The van der Waals surface area contributed by atoms with Crippen molar-refractivity contribution >= 4 is 28.6 Å². The zero-order chi connectivity index (χ0) is 13.8. The molecule has 1 rings (SSSR count). The van der Waals surface area contributed by atoms with E-state index < -0.39 is 0 Å². The number of carbonyl (C=O) groups excluding carboxylic acids is 1. The number of hydrogen-bond acceptors (Lipinski definition) is 2.